The predicted octanol–water partition coefficient (Wildman–Crippen LogP) is 13.8. The van der Waals surface area contributed by atoms with Gasteiger partial charge in [-0.25, -0.2) is 0 Å². The zero-order chi connectivity index (χ0) is 33.0. The fourth-order valence-corrected chi connectivity index (χ4v) is 7.64. The summed E-state index contributed by atoms with van der Waals surface area (Å²) in [6, 6.07) is 67.6. The van der Waals surface area contributed by atoms with Crippen LogP contribution in [0.1, 0.15) is 0 Å². The van der Waals surface area contributed by atoms with Gasteiger partial charge in [-0.2, -0.15) is 0 Å². The van der Waals surface area contributed by atoms with Crippen LogP contribution in [0.25, 0.3) is 76.5 Å². The Morgan fingerprint density at radius 2 is 0.960 bits per heavy atom. The Morgan fingerprint density at radius 3 is 1.82 bits per heavy atom. The quantitative estimate of drug-likeness (QED) is 0.175. The Morgan fingerprint density at radius 1 is 0.340 bits per heavy atom. The van der Waals surface area contributed by atoms with Crippen molar-refractivity contribution in [1.29, 1.82) is 0 Å². The molecule has 0 atom stereocenters. The standard InChI is InChI=1S/C48H31NO/c1-4-17-39-33(12-1)23-24-35-30-38(25-26-40(35)39)49(45-21-10-14-32-11-2-5-18-42(32)45)46-28-27-41(43-19-6-7-20-44(43)46)34-15-9-16-36(29-34)48-31-37-13-3-8-22-47(37)50-48/h1-31H. The van der Waals surface area contributed by atoms with Gasteiger partial charge in [0.15, 0.2) is 0 Å². The Bertz CT molecular complexity index is 2860. The highest BCUT2D eigenvalue weighted by Gasteiger charge is 2.20. The fraction of sp³-hybridized carbons (Fsp3) is 0. The van der Waals surface area contributed by atoms with E-state index >= 15 is 0 Å². The Hall–Kier alpha value is -6.64. The van der Waals surface area contributed by atoms with Gasteiger partial charge in [0.05, 0.1) is 11.4 Å². The zero-order valence-corrected chi connectivity index (χ0v) is 27.3. The molecule has 0 aliphatic carbocycles. The number of hydrogen-bond acceptors (Lipinski definition) is 2. The van der Waals surface area contributed by atoms with Crippen molar-refractivity contribution >= 4 is 71.1 Å². The summed E-state index contributed by atoms with van der Waals surface area (Å²) in [5.41, 5.74) is 7.70. The maximum atomic E-state index is 6.26. The van der Waals surface area contributed by atoms with E-state index in [9.17, 15) is 0 Å². The zero-order valence-electron chi connectivity index (χ0n) is 27.3. The molecule has 0 fully saturated rings. The molecule has 1 aromatic heterocycles. The van der Waals surface area contributed by atoms with Gasteiger partial charge in [-0.3, -0.25) is 0 Å². The number of hydrogen-bond donors (Lipinski definition) is 0. The minimum atomic E-state index is 0.875. The molecular weight excluding hydrogens is 607 g/mol. The summed E-state index contributed by atoms with van der Waals surface area (Å²) >= 11 is 0. The first-order chi connectivity index (χ1) is 24.8. The lowest BCUT2D eigenvalue weighted by Gasteiger charge is -2.29. The SMILES string of the molecule is c1cc(-c2cc3ccccc3o2)cc(-c2ccc(N(c3ccc4c(ccc5ccccc54)c3)c3cccc4ccccc34)c3ccccc23)c1. The van der Waals surface area contributed by atoms with E-state index in [1.807, 2.05) is 18.2 Å². The second-order valence-corrected chi connectivity index (χ2v) is 12.9. The van der Waals surface area contributed by atoms with E-state index in [0.29, 0.717) is 0 Å². The summed E-state index contributed by atoms with van der Waals surface area (Å²) in [4.78, 5) is 2.44. The van der Waals surface area contributed by atoms with Gasteiger partial charge in [0.2, 0.25) is 0 Å². The van der Waals surface area contributed by atoms with Crippen molar-refractivity contribution in [3.05, 3.63) is 188 Å². The second-order valence-electron chi connectivity index (χ2n) is 12.9. The normalized spacial score (nSPS) is 11.6. The molecule has 0 spiro atoms. The highest BCUT2D eigenvalue weighted by molar-refractivity contribution is 6.12. The Labute approximate surface area is 290 Å². The van der Waals surface area contributed by atoms with Crippen molar-refractivity contribution in [2.45, 2.75) is 0 Å². The molecule has 10 rings (SSSR count). The molecule has 0 saturated carbocycles. The third-order valence-corrected chi connectivity index (χ3v) is 10.0. The molecular formula is C48H31NO. The number of furan rings is 1. The molecule has 234 valence electrons. The summed E-state index contributed by atoms with van der Waals surface area (Å²) in [6.07, 6.45) is 0. The number of rotatable bonds is 5. The van der Waals surface area contributed by atoms with Crippen molar-refractivity contribution < 1.29 is 4.42 Å². The van der Waals surface area contributed by atoms with Crippen LogP contribution in [0.2, 0.25) is 0 Å². The van der Waals surface area contributed by atoms with Crippen molar-refractivity contribution in [3.63, 3.8) is 0 Å². The molecule has 1 heterocycles. The van der Waals surface area contributed by atoms with Crippen LogP contribution >= 0.6 is 0 Å². The number of anilines is 3. The summed E-state index contributed by atoms with van der Waals surface area (Å²) < 4.78 is 6.26. The first-order valence-electron chi connectivity index (χ1n) is 17.1. The van der Waals surface area contributed by atoms with Crippen molar-refractivity contribution in [3.8, 4) is 22.5 Å². The molecule has 0 bridgehead atoms. The lowest BCUT2D eigenvalue weighted by atomic mass is 9.94. The number of nitrogens with zero attached hydrogens (tertiary/aromatic N) is 1. The maximum Gasteiger partial charge on any atom is 0.135 e. The molecule has 0 radical (unpaired) electrons. The Balaban J connectivity index is 1.18. The van der Waals surface area contributed by atoms with Gasteiger partial charge in [-0.05, 0) is 85.9 Å². The molecule has 10 aromatic rings. The van der Waals surface area contributed by atoms with Gasteiger partial charge in [0, 0.05) is 27.4 Å². The van der Waals surface area contributed by atoms with E-state index in [0.717, 1.165) is 44.9 Å². The topological polar surface area (TPSA) is 16.4 Å². The van der Waals surface area contributed by atoms with Crippen LogP contribution < -0.4 is 4.90 Å². The summed E-state index contributed by atoms with van der Waals surface area (Å²) in [6.45, 7) is 0. The predicted molar refractivity (Wildman–Crippen MR) is 212 cm³/mol. The molecule has 0 saturated heterocycles. The van der Waals surface area contributed by atoms with Crippen LogP contribution in [-0.2, 0) is 0 Å². The maximum absolute atomic E-state index is 6.26. The van der Waals surface area contributed by atoms with Crippen LogP contribution in [0.4, 0.5) is 17.1 Å². The molecule has 0 aliphatic heterocycles. The molecule has 2 heteroatoms. The first kappa shape index (κ1) is 28.4. The number of fused-ring (bicyclic) bond motifs is 6. The lowest BCUT2D eigenvalue weighted by Crippen LogP contribution is -2.11. The lowest BCUT2D eigenvalue weighted by molar-refractivity contribution is 0.631. The van der Waals surface area contributed by atoms with Gasteiger partial charge in [0.1, 0.15) is 11.3 Å². The highest BCUT2D eigenvalue weighted by atomic mass is 16.3. The Kier molecular flexibility index (Phi) is 6.53. The van der Waals surface area contributed by atoms with Gasteiger partial charge >= 0.3 is 0 Å². The third kappa shape index (κ3) is 4.65. The van der Waals surface area contributed by atoms with E-state index in [1.54, 1.807) is 0 Å². The molecule has 9 aromatic carbocycles. The highest BCUT2D eigenvalue weighted by Crippen LogP contribution is 2.45. The number of benzene rings is 9. The molecule has 0 amide bonds. The summed E-state index contributed by atoms with van der Waals surface area (Å²) in [7, 11) is 0. The summed E-state index contributed by atoms with van der Waals surface area (Å²) in [5.74, 6) is 0.875. The number of para-hydroxylation sites is 1. The van der Waals surface area contributed by atoms with Gasteiger partial charge in [-0.1, -0.05) is 146 Å². The smallest absolute Gasteiger partial charge is 0.135 e. The van der Waals surface area contributed by atoms with E-state index in [2.05, 4.69) is 175 Å². The van der Waals surface area contributed by atoms with E-state index in [1.165, 1.54) is 48.7 Å². The van der Waals surface area contributed by atoms with Crippen LogP contribution in [0, 0.1) is 0 Å². The molecule has 2 nitrogen and oxygen atoms in total. The van der Waals surface area contributed by atoms with Crippen LogP contribution in [0.3, 0.4) is 0 Å². The second kappa shape index (κ2) is 11.5. The van der Waals surface area contributed by atoms with Crippen LogP contribution in [0.15, 0.2) is 192 Å². The molecule has 0 unspecified atom stereocenters. The monoisotopic (exact) mass is 637 g/mol. The van der Waals surface area contributed by atoms with Gasteiger partial charge < -0.3 is 9.32 Å². The van der Waals surface area contributed by atoms with E-state index in [4.69, 9.17) is 4.42 Å². The largest absolute Gasteiger partial charge is 0.456 e. The molecule has 0 aliphatic rings. The van der Waals surface area contributed by atoms with Crippen molar-refractivity contribution in [2.75, 3.05) is 4.90 Å². The van der Waals surface area contributed by atoms with E-state index < -0.39 is 0 Å². The van der Waals surface area contributed by atoms with Crippen molar-refractivity contribution in [1.82, 2.24) is 0 Å². The van der Waals surface area contributed by atoms with Crippen LogP contribution in [0.5, 0.6) is 0 Å². The van der Waals surface area contributed by atoms with Gasteiger partial charge in [-0.15, -0.1) is 0 Å². The molecule has 50 heavy (non-hydrogen) atoms. The molecule has 0 N–H and O–H groups in total. The average molecular weight is 638 g/mol. The average Bonchev–Trinajstić information content (AvgIpc) is 3.63. The third-order valence-electron chi connectivity index (χ3n) is 10.0. The minimum absolute atomic E-state index is 0.875. The van der Waals surface area contributed by atoms with Crippen LogP contribution in [-0.4, -0.2) is 0 Å². The van der Waals surface area contributed by atoms with Crippen molar-refractivity contribution in [2.24, 2.45) is 0 Å². The first-order valence-corrected chi connectivity index (χ1v) is 17.1. The summed E-state index contributed by atoms with van der Waals surface area (Å²) in [5, 5.41) is 10.9. The van der Waals surface area contributed by atoms with Gasteiger partial charge in [0.25, 0.3) is 0 Å². The fourth-order valence-electron chi connectivity index (χ4n) is 7.64. The van der Waals surface area contributed by atoms with E-state index in [-0.39, 0.29) is 0 Å². The minimum Gasteiger partial charge on any atom is -0.456 e.